The van der Waals surface area contributed by atoms with E-state index < -0.39 is 18.0 Å². The van der Waals surface area contributed by atoms with E-state index >= 15 is 0 Å². The van der Waals surface area contributed by atoms with Crippen LogP contribution in [0.2, 0.25) is 0 Å². The van der Waals surface area contributed by atoms with Gasteiger partial charge < -0.3 is 15.7 Å². The Bertz CT molecular complexity index is 262. The lowest BCUT2D eigenvalue weighted by atomic mass is 9.81. The first kappa shape index (κ1) is 14.7. The average Bonchev–Trinajstić information content (AvgIpc) is 2.14. The fourth-order valence-corrected chi connectivity index (χ4v) is 0.822. The molecule has 0 aliphatic heterocycles. The van der Waals surface area contributed by atoms with Gasteiger partial charge in [0.15, 0.2) is 0 Å². The molecule has 0 aliphatic rings. The van der Waals surface area contributed by atoms with Crippen molar-refractivity contribution in [2.24, 2.45) is 11.3 Å². The summed E-state index contributed by atoms with van der Waals surface area (Å²) in [5.74, 6) is -0.608. The minimum atomic E-state index is -1.04. The van der Waals surface area contributed by atoms with Crippen molar-refractivity contribution in [2.45, 2.75) is 40.7 Å². The number of carboxylic acids is 1. The van der Waals surface area contributed by atoms with Crippen LogP contribution in [0.1, 0.15) is 34.6 Å². The standard InChI is InChI=1S/C11H22N2O3/c1-7(2)11(4,5)6-12-10(16)13-8(3)9(14)15/h7-8H,6H2,1-5H3,(H,14,15)(H2,12,13,16)/t8-/m1/s1. The van der Waals surface area contributed by atoms with Gasteiger partial charge in [0.25, 0.3) is 0 Å². The van der Waals surface area contributed by atoms with E-state index in [4.69, 9.17) is 5.11 Å². The minimum absolute atomic E-state index is 0.0101. The highest BCUT2D eigenvalue weighted by molar-refractivity contribution is 5.82. The lowest BCUT2D eigenvalue weighted by Crippen LogP contribution is -2.47. The molecule has 0 saturated heterocycles. The van der Waals surface area contributed by atoms with Crippen LogP contribution in [-0.2, 0) is 4.79 Å². The van der Waals surface area contributed by atoms with Gasteiger partial charge in [-0.15, -0.1) is 0 Å². The quantitative estimate of drug-likeness (QED) is 0.668. The summed E-state index contributed by atoms with van der Waals surface area (Å²) < 4.78 is 0. The molecular formula is C11H22N2O3. The number of carbonyl (C=O) groups excluding carboxylic acids is 1. The number of urea groups is 1. The molecule has 0 unspecified atom stereocenters. The van der Waals surface area contributed by atoms with Crippen molar-refractivity contribution in [1.82, 2.24) is 10.6 Å². The second kappa shape index (κ2) is 5.72. The Morgan fingerprint density at radius 3 is 2.12 bits per heavy atom. The third-order valence-electron chi connectivity index (χ3n) is 2.99. The van der Waals surface area contributed by atoms with E-state index in [9.17, 15) is 9.59 Å². The van der Waals surface area contributed by atoms with Gasteiger partial charge in [0, 0.05) is 6.54 Å². The first-order valence-electron chi connectivity index (χ1n) is 5.44. The highest BCUT2D eigenvalue weighted by Gasteiger charge is 2.23. The molecule has 0 aliphatic carbocycles. The molecule has 0 spiro atoms. The summed E-state index contributed by atoms with van der Waals surface area (Å²) >= 11 is 0. The normalized spacial score (nSPS) is 13.4. The van der Waals surface area contributed by atoms with Gasteiger partial charge in [0.05, 0.1) is 0 Å². The molecule has 0 radical (unpaired) electrons. The van der Waals surface area contributed by atoms with Crippen LogP contribution >= 0.6 is 0 Å². The molecule has 0 rings (SSSR count). The molecule has 0 aromatic carbocycles. The monoisotopic (exact) mass is 230 g/mol. The first-order valence-corrected chi connectivity index (χ1v) is 5.44. The Labute approximate surface area is 96.6 Å². The van der Waals surface area contributed by atoms with Crippen LogP contribution in [-0.4, -0.2) is 29.7 Å². The average molecular weight is 230 g/mol. The Kier molecular flexibility index (Phi) is 5.27. The maximum absolute atomic E-state index is 11.3. The third kappa shape index (κ3) is 5.00. The summed E-state index contributed by atoms with van der Waals surface area (Å²) in [5, 5.41) is 13.6. The van der Waals surface area contributed by atoms with Crippen LogP contribution in [0.3, 0.4) is 0 Å². The molecule has 0 aromatic rings. The largest absolute Gasteiger partial charge is 0.480 e. The SMILES string of the molecule is CC(C)C(C)(C)CNC(=O)N[C@H](C)C(=O)O. The summed E-state index contributed by atoms with van der Waals surface area (Å²) in [6.07, 6.45) is 0. The second-order valence-corrected chi connectivity index (χ2v) is 5.03. The van der Waals surface area contributed by atoms with Gasteiger partial charge in [0.2, 0.25) is 0 Å². The van der Waals surface area contributed by atoms with Crippen LogP contribution in [0.25, 0.3) is 0 Å². The molecule has 0 aromatic heterocycles. The van der Waals surface area contributed by atoms with E-state index in [-0.39, 0.29) is 5.41 Å². The van der Waals surface area contributed by atoms with Crippen molar-refractivity contribution < 1.29 is 14.7 Å². The predicted molar refractivity (Wildman–Crippen MR) is 62.3 cm³/mol. The predicted octanol–water partition coefficient (Wildman–Crippen LogP) is 1.44. The summed E-state index contributed by atoms with van der Waals surface area (Å²) in [6, 6.07) is -1.31. The lowest BCUT2D eigenvalue weighted by Gasteiger charge is -2.29. The Morgan fingerprint density at radius 1 is 1.25 bits per heavy atom. The minimum Gasteiger partial charge on any atom is -0.480 e. The fourth-order valence-electron chi connectivity index (χ4n) is 0.822. The Balaban J connectivity index is 4.04. The van der Waals surface area contributed by atoms with Gasteiger partial charge in [-0.25, -0.2) is 4.79 Å². The highest BCUT2D eigenvalue weighted by Crippen LogP contribution is 2.24. The van der Waals surface area contributed by atoms with E-state index in [1.807, 2.05) is 0 Å². The van der Waals surface area contributed by atoms with Gasteiger partial charge in [-0.2, -0.15) is 0 Å². The smallest absolute Gasteiger partial charge is 0.325 e. The summed E-state index contributed by atoms with van der Waals surface area (Å²) in [5.41, 5.74) is -0.0101. The zero-order valence-electron chi connectivity index (χ0n) is 10.6. The molecule has 5 nitrogen and oxygen atoms in total. The number of nitrogens with one attached hydrogen (secondary N) is 2. The lowest BCUT2D eigenvalue weighted by molar-refractivity contribution is -0.138. The maximum Gasteiger partial charge on any atom is 0.325 e. The van der Waals surface area contributed by atoms with Crippen LogP contribution in [0.4, 0.5) is 4.79 Å². The van der Waals surface area contributed by atoms with E-state index in [2.05, 4.69) is 38.3 Å². The zero-order chi connectivity index (χ0) is 12.9. The molecule has 0 heterocycles. The van der Waals surface area contributed by atoms with Gasteiger partial charge in [-0.1, -0.05) is 27.7 Å². The van der Waals surface area contributed by atoms with Crippen LogP contribution in [0.5, 0.6) is 0 Å². The van der Waals surface area contributed by atoms with Crippen molar-refractivity contribution in [3.8, 4) is 0 Å². The molecule has 1 atom stereocenters. The van der Waals surface area contributed by atoms with Crippen LogP contribution < -0.4 is 10.6 Å². The molecule has 3 N–H and O–H groups in total. The van der Waals surface area contributed by atoms with Crippen molar-refractivity contribution in [3.05, 3.63) is 0 Å². The van der Waals surface area contributed by atoms with E-state index in [0.29, 0.717) is 12.5 Å². The zero-order valence-corrected chi connectivity index (χ0v) is 10.6. The molecule has 0 fully saturated rings. The third-order valence-corrected chi connectivity index (χ3v) is 2.99. The number of carboxylic acid groups (broad SMARTS) is 1. The maximum atomic E-state index is 11.3. The van der Waals surface area contributed by atoms with Gasteiger partial charge in [0.1, 0.15) is 6.04 Å². The van der Waals surface area contributed by atoms with E-state index in [1.165, 1.54) is 6.92 Å². The van der Waals surface area contributed by atoms with Crippen molar-refractivity contribution in [1.29, 1.82) is 0 Å². The van der Waals surface area contributed by atoms with Crippen molar-refractivity contribution >= 4 is 12.0 Å². The topological polar surface area (TPSA) is 78.4 Å². The Morgan fingerprint density at radius 2 is 1.75 bits per heavy atom. The van der Waals surface area contributed by atoms with Gasteiger partial charge in [-0.05, 0) is 18.3 Å². The Hall–Kier alpha value is -1.26. The number of rotatable bonds is 5. The fraction of sp³-hybridized carbons (Fsp3) is 0.818. The number of carbonyl (C=O) groups is 2. The summed E-state index contributed by atoms with van der Waals surface area (Å²) in [4.78, 5) is 21.8. The second-order valence-electron chi connectivity index (χ2n) is 5.03. The number of hydrogen-bond acceptors (Lipinski definition) is 2. The van der Waals surface area contributed by atoms with Gasteiger partial charge in [-0.3, -0.25) is 4.79 Å². The molecule has 94 valence electrons. The van der Waals surface area contributed by atoms with E-state index in [1.54, 1.807) is 0 Å². The summed E-state index contributed by atoms with van der Waals surface area (Å²) in [6.45, 7) is 10.2. The molecular weight excluding hydrogens is 208 g/mol. The first-order chi connectivity index (χ1) is 7.16. The van der Waals surface area contributed by atoms with Crippen molar-refractivity contribution in [2.75, 3.05) is 6.54 Å². The molecule has 5 heteroatoms. The number of hydrogen-bond donors (Lipinski definition) is 3. The van der Waals surface area contributed by atoms with Crippen LogP contribution in [0.15, 0.2) is 0 Å². The van der Waals surface area contributed by atoms with Crippen molar-refractivity contribution in [3.63, 3.8) is 0 Å². The molecule has 0 saturated carbocycles. The number of amides is 2. The van der Waals surface area contributed by atoms with Gasteiger partial charge >= 0.3 is 12.0 Å². The van der Waals surface area contributed by atoms with Crippen LogP contribution in [0, 0.1) is 11.3 Å². The van der Waals surface area contributed by atoms with E-state index in [0.717, 1.165) is 0 Å². The molecule has 0 bridgehead atoms. The molecule has 2 amide bonds. The summed E-state index contributed by atoms with van der Waals surface area (Å²) in [7, 11) is 0. The molecule has 16 heavy (non-hydrogen) atoms. The highest BCUT2D eigenvalue weighted by atomic mass is 16.4. The number of aliphatic carboxylic acids is 1.